The Kier molecular flexibility index (Phi) is 5.09. The van der Waals surface area contributed by atoms with E-state index >= 15 is 0 Å². The summed E-state index contributed by atoms with van der Waals surface area (Å²) in [5.74, 6) is -2.95. The van der Waals surface area contributed by atoms with Crippen LogP contribution in [-0.2, 0) is 9.59 Å². The molecule has 92 valence electrons. The van der Waals surface area contributed by atoms with E-state index in [0.29, 0.717) is 5.92 Å². The van der Waals surface area contributed by atoms with Gasteiger partial charge in [0.25, 0.3) is 0 Å². The number of nitrogens with zero attached hydrogens (tertiary/aromatic N) is 1. The van der Waals surface area contributed by atoms with Crippen molar-refractivity contribution in [2.45, 2.75) is 12.3 Å². The van der Waals surface area contributed by atoms with E-state index in [9.17, 15) is 0 Å². The Labute approximate surface area is 98.3 Å². The number of hydrogen-bond acceptors (Lipinski definition) is 4. The van der Waals surface area contributed by atoms with Crippen molar-refractivity contribution in [1.82, 2.24) is 10.3 Å². The molecule has 2 rings (SSSR count). The van der Waals surface area contributed by atoms with Gasteiger partial charge in [0.1, 0.15) is 0 Å². The fourth-order valence-electron chi connectivity index (χ4n) is 1.56. The molecule has 1 fully saturated rings. The number of aliphatic carboxylic acids is 2. The third-order valence-electron chi connectivity index (χ3n) is 2.40. The van der Waals surface area contributed by atoms with Gasteiger partial charge in [-0.1, -0.05) is 6.07 Å². The van der Waals surface area contributed by atoms with Crippen LogP contribution in [0.25, 0.3) is 0 Å². The molecule has 0 aliphatic carbocycles. The van der Waals surface area contributed by atoms with Crippen molar-refractivity contribution in [2.75, 3.05) is 13.1 Å². The molecule has 0 saturated carbocycles. The van der Waals surface area contributed by atoms with Gasteiger partial charge < -0.3 is 15.5 Å². The molecule has 0 amide bonds. The highest BCUT2D eigenvalue weighted by molar-refractivity contribution is 6.27. The van der Waals surface area contributed by atoms with E-state index in [4.69, 9.17) is 19.8 Å². The summed E-state index contributed by atoms with van der Waals surface area (Å²) < 4.78 is 0. The summed E-state index contributed by atoms with van der Waals surface area (Å²) in [4.78, 5) is 22.3. The zero-order chi connectivity index (χ0) is 12.7. The summed E-state index contributed by atoms with van der Waals surface area (Å²) in [5, 5.41) is 18.1. The average Bonchev–Trinajstić information content (AvgIpc) is 2.84. The number of carboxylic acid groups (broad SMARTS) is 2. The van der Waals surface area contributed by atoms with Gasteiger partial charge in [0.05, 0.1) is 0 Å². The van der Waals surface area contributed by atoms with Crippen LogP contribution in [0.3, 0.4) is 0 Å². The minimum atomic E-state index is -1.82. The van der Waals surface area contributed by atoms with Crippen molar-refractivity contribution < 1.29 is 19.8 Å². The summed E-state index contributed by atoms with van der Waals surface area (Å²) in [6.07, 6.45) is 5.05. The zero-order valence-electron chi connectivity index (χ0n) is 9.17. The highest BCUT2D eigenvalue weighted by Crippen LogP contribution is 2.20. The second kappa shape index (κ2) is 6.59. The van der Waals surface area contributed by atoms with Gasteiger partial charge in [0, 0.05) is 18.9 Å². The third kappa shape index (κ3) is 4.60. The van der Waals surface area contributed by atoms with Gasteiger partial charge >= 0.3 is 11.9 Å². The second-order valence-corrected chi connectivity index (χ2v) is 3.59. The normalized spacial score (nSPS) is 18.0. The van der Waals surface area contributed by atoms with Crippen LogP contribution < -0.4 is 5.32 Å². The predicted molar refractivity (Wildman–Crippen MR) is 59.7 cm³/mol. The predicted octanol–water partition coefficient (Wildman–Crippen LogP) is 0.314. The summed E-state index contributed by atoms with van der Waals surface area (Å²) in [6, 6.07) is 4.16. The molecular weight excluding hydrogens is 224 g/mol. The van der Waals surface area contributed by atoms with Crippen LogP contribution >= 0.6 is 0 Å². The largest absolute Gasteiger partial charge is 0.473 e. The molecular formula is C11H14N2O4. The molecule has 17 heavy (non-hydrogen) atoms. The van der Waals surface area contributed by atoms with Gasteiger partial charge in [0.2, 0.25) is 0 Å². The first-order valence-corrected chi connectivity index (χ1v) is 5.18. The van der Waals surface area contributed by atoms with E-state index in [1.54, 1.807) is 0 Å². The SMILES string of the molecule is O=C(O)C(=O)O.c1cncc(C2CCNC2)c1. The molecule has 1 saturated heterocycles. The van der Waals surface area contributed by atoms with E-state index in [0.717, 1.165) is 13.1 Å². The lowest BCUT2D eigenvalue weighted by Crippen LogP contribution is -2.09. The smallest absolute Gasteiger partial charge is 0.414 e. The van der Waals surface area contributed by atoms with Crippen LogP contribution in [0.1, 0.15) is 17.9 Å². The fourth-order valence-corrected chi connectivity index (χ4v) is 1.56. The molecule has 0 radical (unpaired) electrons. The molecule has 6 nitrogen and oxygen atoms in total. The molecule has 1 aromatic heterocycles. The average molecular weight is 238 g/mol. The van der Waals surface area contributed by atoms with E-state index in [1.165, 1.54) is 12.0 Å². The number of aromatic nitrogens is 1. The Balaban J connectivity index is 0.000000209. The summed E-state index contributed by atoms with van der Waals surface area (Å²) in [7, 11) is 0. The number of carboxylic acids is 2. The minimum absolute atomic E-state index is 0.698. The lowest BCUT2D eigenvalue weighted by molar-refractivity contribution is -0.159. The van der Waals surface area contributed by atoms with Gasteiger partial charge in [0.15, 0.2) is 0 Å². The fraction of sp³-hybridized carbons (Fsp3) is 0.364. The van der Waals surface area contributed by atoms with Crippen LogP contribution in [0, 0.1) is 0 Å². The zero-order valence-corrected chi connectivity index (χ0v) is 9.17. The molecule has 1 atom stereocenters. The van der Waals surface area contributed by atoms with Crippen molar-refractivity contribution in [2.24, 2.45) is 0 Å². The quantitative estimate of drug-likeness (QED) is 0.609. The summed E-state index contributed by atoms with van der Waals surface area (Å²) >= 11 is 0. The molecule has 3 N–H and O–H groups in total. The van der Waals surface area contributed by atoms with Crippen molar-refractivity contribution >= 4 is 11.9 Å². The highest BCUT2D eigenvalue weighted by Gasteiger charge is 2.15. The number of nitrogens with one attached hydrogen (secondary N) is 1. The molecule has 1 aliphatic rings. The Hall–Kier alpha value is -1.95. The molecule has 2 heterocycles. The molecule has 0 bridgehead atoms. The van der Waals surface area contributed by atoms with Crippen LogP contribution in [0.2, 0.25) is 0 Å². The monoisotopic (exact) mass is 238 g/mol. The number of pyridine rings is 1. The third-order valence-corrected chi connectivity index (χ3v) is 2.40. The highest BCUT2D eigenvalue weighted by atomic mass is 16.4. The van der Waals surface area contributed by atoms with Crippen molar-refractivity contribution in [1.29, 1.82) is 0 Å². The Morgan fingerprint density at radius 3 is 2.47 bits per heavy atom. The first kappa shape index (κ1) is 13.1. The molecule has 1 aromatic rings. The number of rotatable bonds is 1. The van der Waals surface area contributed by atoms with Crippen molar-refractivity contribution in [3.05, 3.63) is 30.1 Å². The van der Waals surface area contributed by atoms with Crippen molar-refractivity contribution in [3.8, 4) is 0 Å². The second-order valence-electron chi connectivity index (χ2n) is 3.59. The standard InChI is InChI=1S/C9H12N2.C2H2O4/c1-2-8(6-10-4-1)9-3-5-11-7-9;3-1(4)2(5)6/h1-2,4,6,9,11H,3,5,7H2;(H,3,4)(H,5,6). The Bertz CT molecular complexity index is 362. The maximum atomic E-state index is 9.10. The molecule has 0 spiro atoms. The number of carbonyl (C=O) groups is 2. The van der Waals surface area contributed by atoms with E-state index in [2.05, 4.69) is 16.4 Å². The Morgan fingerprint density at radius 1 is 1.35 bits per heavy atom. The van der Waals surface area contributed by atoms with Gasteiger partial charge in [-0.2, -0.15) is 0 Å². The molecule has 0 aromatic carbocycles. The van der Waals surface area contributed by atoms with Crippen molar-refractivity contribution in [3.63, 3.8) is 0 Å². The molecule has 1 aliphatic heterocycles. The lowest BCUT2D eigenvalue weighted by Gasteiger charge is -2.05. The maximum absolute atomic E-state index is 9.10. The van der Waals surface area contributed by atoms with E-state index in [1.807, 2.05) is 18.5 Å². The topological polar surface area (TPSA) is 99.5 Å². The first-order valence-electron chi connectivity index (χ1n) is 5.18. The van der Waals surface area contributed by atoms with Gasteiger partial charge in [-0.05, 0) is 30.5 Å². The maximum Gasteiger partial charge on any atom is 0.414 e. The van der Waals surface area contributed by atoms with Crippen LogP contribution in [0.4, 0.5) is 0 Å². The molecule has 1 unspecified atom stereocenters. The van der Waals surface area contributed by atoms with Gasteiger partial charge in [-0.3, -0.25) is 4.98 Å². The first-order chi connectivity index (χ1) is 8.11. The van der Waals surface area contributed by atoms with Crippen LogP contribution in [-0.4, -0.2) is 40.2 Å². The van der Waals surface area contributed by atoms with E-state index in [-0.39, 0.29) is 0 Å². The molecule has 6 heteroatoms. The number of hydrogen-bond donors (Lipinski definition) is 3. The minimum Gasteiger partial charge on any atom is -0.473 e. The van der Waals surface area contributed by atoms with Gasteiger partial charge in [-0.15, -0.1) is 0 Å². The van der Waals surface area contributed by atoms with Gasteiger partial charge in [-0.25, -0.2) is 9.59 Å². The lowest BCUT2D eigenvalue weighted by atomic mass is 10.0. The summed E-state index contributed by atoms with van der Waals surface area (Å²) in [5.41, 5.74) is 1.37. The van der Waals surface area contributed by atoms with Crippen LogP contribution in [0.5, 0.6) is 0 Å². The Morgan fingerprint density at radius 2 is 2.06 bits per heavy atom. The van der Waals surface area contributed by atoms with E-state index < -0.39 is 11.9 Å². The van der Waals surface area contributed by atoms with Crippen LogP contribution in [0.15, 0.2) is 24.5 Å². The summed E-state index contributed by atoms with van der Waals surface area (Å²) in [6.45, 7) is 2.27.